The number of fused-ring (bicyclic) bond motifs is 1. The van der Waals surface area contributed by atoms with Crippen molar-refractivity contribution in [3.05, 3.63) is 47.0 Å². The van der Waals surface area contributed by atoms with Crippen LogP contribution in [0, 0.1) is 11.3 Å². The smallest absolute Gasteiger partial charge is 0.187 e. The van der Waals surface area contributed by atoms with Gasteiger partial charge < -0.3 is 9.30 Å². The molecule has 0 spiro atoms. The lowest BCUT2D eigenvalue weighted by Crippen LogP contribution is -2.17. The van der Waals surface area contributed by atoms with Gasteiger partial charge in [-0.15, -0.1) is 10.2 Å². The summed E-state index contributed by atoms with van der Waals surface area (Å²) >= 11 is 0. The number of methoxy groups -OCH3 is 1. The van der Waals surface area contributed by atoms with Crippen LogP contribution in [0.2, 0.25) is 0 Å². The quantitative estimate of drug-likeness (QED) is 0.790. The first-order chi connectivity index (χ1) is 11.7. The molecule has 0 aliphatic carbocycles. The highest BCUT2D eigenvalue weighted by Gasteiger charge is 2.29. The van der Waals surface area contributed by atoms with Crippen LogP contribution in [0.4, 0.5) is 0 Å². The minimum Gasteiger partial charge on any atom is -0.380 e. The number of carbonyl (C=O) groups is 1. The molecule has 1 aromatic carbocycles. The Kier molecular flexibility index (Phi) is 5.02. The fourth-order valence-corrected chi connectivity index (χ4v) is 3.05. The molecule has 0 amide bonds. The van der Waals surface area contributed by atoms with E-state index in [9.17, 15) is 10.1 Å². The van der Waals surface area contributed by atoms with Crippen LogP contribution in [0.3, 0.4) is 0 Å². The second-order valence-corrected chi connectivity index (χ2v) is 5.99. The lowest BCUT2D eigenvalue weighted by molar-refractivity contribution is 0.0974. The Balaban J connectivity index is 1.87. The molecule has 0 saturated heterocycles. The lowest BCUT2D eigenvalue weighted by atomic mass is 9.97. The molecule has 6 heteroatoms. The minimum atomic E-state index is -0.919. The van der Waals surface area contributed by atoms with Gasteiger partial charge in [0, 0.05) is 25.6 Å². The topological polar surface area (TPSA) is 80.8 Å². The molecule has 0 unspecified atom stereocenters. The van der Waals surface area contributed by atoms with Gasteiger partial charge in [0.1, 0.15) is 5.82 Å². The van der Waals surface area contributed by atoms with Gasteiger partial charge in [0.15, 0.2) is 17.5 Å². The Hall–Kier alpha value is -2.52. The number of benzene rings is 1. The van der Waals surface area contributed by atoms with E-state index in [1.165, 1.54) is 0 Å². The average molecular weight is 324 g/mol. The molecule has 1 aromatic heterocycles. The molecule has 124 valence electrons. The van der Waals surface area contributed by atoms with Gasteiger partial charge in [-0.2, -0.15) is 5.26 Å². The summed E-state index contributed by atoms with van der Waals surface area (Å²) in [5, 5.41) is 17.9. The number of ether oxygens (including phenoxy) is 1. The summed E-state index contributed by atoms with van der Waals surface area (Å²) in [5.74, 6) is 0.199. The fourth-order valence-electron chi connectivity index (χ4n) is 3.05. The van der Waals surface area contributed by atoms with E-state index in [1.807, 2.05) is 16.7 Å². The van der Waals surface area contributed by atoms with E-state index in [-0.39, 0.29) is 5.78 Å². The third kappa shape index (κ3) is 3.22. The maximum atomic E-state index is 12.8. The van der Waals surface area contributed by atoms with Crippen molar-refractivity contribution in [2.24, 2.45) is 0 Å². The summed E-state index contributed by atoms with van der Waals surface area (Å²) < 4.78 is 7.03. The largest absolute Gasteiger partial charge is 0.380 e. The average Bonchev–Trinajstić information content (AvgIpc) is 2.85. The third-order valence-corrected chi connectivity index (χ3v) is 4.34. The second-order valence-electron chi connectivity index (χ2n) is 5.99. The van der Waals surface area contributed by atoms with Crippen LogP contribution in [0.5, 0.6) is 0 Å². The Morgan fingerprint density at radius 3 is 2.79 bits per heavy atom. The molecule has 0 radical (unpaired) electrons. The minimum absolute atomic E-state index is 0.235. The SMILES string of the molecule is COCc1ccc(C(=O)[C@@H](C#N)c2nnc3n2CCCCC3)cc1. The van der Waals surface area contributed by atoms with Gasteiger partial charge in [0.2, 0.25) is 0 Å². The van der Waals surface area contributed by atoms with Crippen LogP contribution < -0.4 is 0 Å². The van der Waals surface area contributed by atoms with Gasteiger partial charge in [-0.05, 0) is 18.4 Å². The maximum absolute atomic E-state index is 12.8. The van der Waals surface area contributed by atoms with Crippen LogP contribution in [0.25, 0.3) is 0 Å². The van der Waals surface area contributed by atoms with Crippen LogP contribution >= 0.6 is 0 Å². The van der Waals surface area contributed by atoms with Gasteiger partial charge in [-0.3, -0.25) is 4.79 Å². The van der Waals surface area contributed by atoms with Gasteiger partial charge in [-0.1, -0.05) is 30.7 Å². The van der Waals surface area contributed by atoms with E-state index < -0.39 is 5.92 Å². The Bertz CT molecular complexity index is 758. The van der Waals surface area contributed by atoms with Crippen molar-refractivity contribution in [1.29, 1.82) is 5.26 Å². The van der Waals surface area contributed by atoms with Crippen molar-refractivity contribution in [3.8, 4) is 6.07 Å². The summed E-state index contributed by atoms with van der Waals surface area (Å²) in [5.41, 5.74) is 1.49. The molecule has 24 heavy (non-hydrogen) atoms. The predicted molar refractivity (Wildman–Crippen MR) is 87.4 cm³/mol. The molecule has 0 N–H and O–H groups in total. The summed E-state index contributed by atoms with van der Waals surface area (Å²) in [7, 11) is 1.63. The molecule has 0 saturated carbocycles. The lowest BCUT2D eigenvalue weighted by Gasteiger charge is -2.11. The summed E-state index contributed by atoms with van der Waals surface area (Å²) in [6, 6.07) is 9.27. The van der Waals surface area contributed by atoms with Crippen molar-refractivity contribution in [2.75, 3.05) is 7.11 Å². The van der Waals surface area contributed by atoms with Crippen molar-refractivity contribution in [1.82, 2.24) is 14.8 Å². The molecule has 0 bridgehead atoms. The maximum Gasteiger partial charge on any atom is 0.187 e. The third-order valence-electron chi connectivity index (χ3n) is 4.34. The van der Waals surface area contributed by atoms with Crippen LogP contribution in [0.1, 0.15) is 52.8 Å². The van der Waals surface area contributed by atoms with E-state index in [2.05, 4.69) is 16.3 Å². The zero-order valence-electron chi connectivity index (χ0n) is 13.7. The fraction of sp³-hybridized carbons (Fsp3) is 0.444. The van der Waals surface area contributed by atoms with Crippen molar-refractivity contribution >= 4 is 5.78 Å². The normalized spacial score (nSPS) is 15.2. The van der Waals surface area contributed by atoms with Crippen molar-refractivity contribution < 1.29 is 9.53 Å². The number of aromatic nitrogens is 3. The number of carbonyl (C=O) groups excluding carboxylic acids is 1. The first-order valence-corrected chi connectivity index (χ1v) is 8.18. The molecule has 2 heterocycles. The predicted octanol–water partition coefficient (Wildman–Crippen LogP) is 2.64. The van der Waals surface area contributed by atoms with E-state index in [0.717, 1.165) is 43.6 Å². The van der Waals surface area contributed by atoms with E-state index >= 15 is 0 Å². The first-order valence-electron chi connectivity index (χ1n) is 8.18. The molecule has 1 atom stereocenters. The van der Waals surface area contributed by atoms with E-state index in [1.54, 1.807) is 19.2 Å². The number of nitrogens with zero attached hydrogens (tertiary/aromatic N) is 4. The second kappa shape index (κ2) is 7.37. The number of nitriles is 1. The molecule has 3 rings (SSSR count). The van der Waals surface area contributed by atoms with Gasteiger partial charge >= 0.3 is 0 Å². The van der Waals surface area contributed by atoms with Crippen molar-refractivity contribution in [2.45, 2.75) is 44.8 Å². The van der Waals surface area contributed by atoms with Crippen molar-refractivity contribution in [3.63, 3.8) is 0 Å². The van der Waals surface area contributed by atoms with Crippen LogP contribution in [0.15, 0.2) is 24.3 Å². The Morgan fingerprint density at radius 2 is 2.08 bits per heavy atom. The molecule has 0 fully saturated rings. The number of ketones is 1. The monoisotopic (exact) mass is 324 g/mol. The molecular formula is C18H20N4O2. The highest BCUT2D eigenvalue weighted by Crippen LogP contribution is 2.23. The number of hydrogen-bond acceptors (Lipinski definition) is 5. The summed E-state index contributed by atoms with van der Waals surface area (Å²) in [6.45, 7) is 1.27. The number of aryl methyl sites for hydroxylation is 1. The Morgan fingerprint density at radius 1 is 1.29 bits per heavy atom. The number of hydrogen-bond donors (Lipinski definition) is 0. The summed E-state index contributed by atoms with van der Waals surface area (Å²) in [4.78, 5) is 12.8. The zero-order valence-corrected chi connectivity index (χ0v) is 13.7. The Labute approximate surface area is 141 Å². The highest BCUT2D eigenvalue weighted by atomic mass is 16.5. The van der Waals surface area contributed by atoms with Gasteiger partial charge in [0.05, 0.1) is 12.7 Å². The molecular weight excluding hydrogens is 304 g/mol. The molecule has 1 aliphatic heterocycles. The number of rotatable bonds is 5. The highest BCUT2D eigenvalue weighted by molar-refractivity contribution is 6.02. The molecule has 2 aromatic rings. The van der Waals surface area contributed by atoms with Gasteiger partial charge in [-0.25, -0.2) is 0 Å². The van der Waals surface area contributed by atoms with Crippen LogP contribution in [-0.4, -0.2) is 27.7 Å². The van der Waals surface area contributed by atoms with Crippen LogP contribution in [-0.2, 0) is 24.3 Å². The number of Topliss-reactive ketones (excluding diaryl/α,β-unsaturated/α-hetero) is 1. The van der Waals surface area contributed by atoms with E-state index in [4.69, 9.17) is 4.74 Å². The van der Waals surface area contributed by atoms with Gasteiger partial charge in [0.25, 0.3) is 0 Å². The zero-order chi connectivity index (χ0) is 16.9. The first kappa shape index (κ1) is 16.3. The standard InChI is InChI=1S/C18H20N4O2/c1-24-12-13-6-8-14(9-7-13)17(23)15(11-19)18-21-20-16-5-3-2-4-10-22(16)18/h6-9,15H,2-5,10,12H2,1H3/t15-/m1/s1. The molecule has 1 aliphatic rings. The van der Waals surface area contributed by atoms with E-state index in [0.29, 0.717) is 18.0 Å². The summed E-state index contributed by atoms with van der Waals surface area (Å²) in [6.07, 6.45) is 4.08. The molecule has 6 nitrogen and oxygen atoms in total.